The molecule has 110 valence electrons. The third-order valence-corrected chi connectivity index (χ3v) is 3.48. The second kappa shape index (κ2) is 6.17. The van der Waals surface area contributed by atoms with Gasteiger partial charge in [-0.15, -0.1) is 0 Å². The summed E-state index contributed by atoms with van der Waals surface area (Å²) in [5.41, 5.74) is 5.58. The van der Waals surface area contributed by atoms with E-state index in [-0.39, 0.29) is 11.7 Å². The van der Waals surface area contributed by atoms with Crippen molar-refractivity contribution in [1.82, 2.24) is 4.90 Å². The van der Waals surface area contributed by atoms with Crippen molar-refractivity contribution in [2.24, 2.45) is 11.7 Å². The van der Waals surface area contributed by atoms with Crippen molar-refractivity contribution in [3.63, 3.8) is 0 Å². The first-order chi connectivity index (χ1) is 9.51. The molecule has 4 nitrogen and oxygen atoms in total. The molecule has 20 heavy (non-hydrogen) atoms. The fourth-order valence-electron chi connectivity index (χ4n) is 2.29. The quantitative estimate of drug-likeness (QED) is 0.912. The number of ether oxygens (including phenoxy) is 1. The lowest BCUT2D eigenvalue weighted by molar-refractivity contribution is -0.137. The smallest absolute Gasteiger partial charge is 0.263 e. The van der Waals surface area contributed by atoms with Crippen LogP contribution < -0.4 is 10.5 Å². The normalized spacial score (nSPS) is 20.0. The zero-order valence-electron chi connectivity index (χ0n) is 11.3. The number of benzene rings is 1. The first-order valence-corrected chi connectivity index (χ1v) is 6.62. The van der Waals surface area contributed by atoms with E-state index in [9.17, 15) is 13.6 Å². The predicted octanol–water partition coefficient (Wildman–Crippen LogP) is 1.54. The van der Waals surface area contributed by atoms with Gasteiger partial charge < -0.3 is 15.4 Å². The fraction of sp³-hybridized carbons (Fsp3) is 0.500. The molecule has 6 heteroatoms. The number of rotatable bonds is 4. The van der Waals surface area contributed by atoms with Crippen molar-refractivity contribution in [1.29, 1.82) is 0 Å². The Bertz CT molecular complexity index is 496. The van der Waals surface area contributed by atoms with Gasteiger partial charge in [-0.1, -0.05) is 0 Å². The standard InChI is InChI=1S/C14H18F2N2O2/c1-9(14(19)18-5-4-10(7-17)8-18)20-11-2-3-12(15)13(16)6-11/h2-3,6,9-10H,4-5,7-8,17H2,1H3. The molecule has 1 amide bonds. The molecule has 2 unspecified atom stereocenters. The van der Waals surface area contributed by atoms with Gasteiger partial charge in [0.2, 0.25) is 0 Å². The summed E-state index contributed by atoms with van der Waals surface area (Å²) < 4.78 is 31.2. The average molecular weight is 284 g/mol. The van der Waals surface area contributed by atoms with Crippen LogP contribution in [0.5, 0.6) is 5.75 Å². The number of hydrogen-bond donors (Lipinski definition) is 1. The Balaban J connectivity index is 1.95. The first kappa shape index (κ1) is 14.7. The highest BCUT2D eigenvalue weighted by atomic mass is 19.2. The molecular weight excluding hydrogens is 266 g/mol. The van der Waals surface area contributed by atoms with E-state index in [2.05, 4.69) is 0 Å². The minimum Gasteiger partial charge on any atom is -0.481 e. The van der Waals surface area contributed by atoms with Crippen LogP contribution in [0.25, 0.3) is 0 Å². The Morgan fingerprint density at radius 2 is 2.25 bits per heavy atom. The van der Waals surface area contributed by atoms with Gasteiger partial charge in [0.05, 0.1) is 0 Å². The molecule has 0 aromatic heterocycles. The summed E-state index contributed by atoms with van der Waals surface area (Å²) in [4.78, 5) is 13.9. The van der Waals surface area contributed by atoms with Crippen molar-refractivity contribution in [2.75, 3.05) is 19.6 Å². The van der Waals surface area contributed by atoms with Gasteiger partial charge in [-0.25, -0.2) is 8.78 Å². The molecule has 1 aliphatic rings. The van der Waals surface area contributed by atoms with Crippen molar-refractivity contribution >= 4 is 5.91 Å². The molecule has 2 N–H and O–H groups in total. The van der Waals surface area contributed by atoms with E-state index < -0.39 is 17.7 Å². The zero-order valence-corrected chi connectivity index (χ0v) is 11.3. The Hall–Kier alpha value is -1.69. The van der Waals surface area contributed by atoms with Gasteiger partial charge in [-0.05, 0) is 37.9 Å². The van der Waals surface area contributed by atoms with E-state index in [1.165, 1.54) is 6.07 Å². The summed E-state index contributed by atoms with van der Waals surface area (Å²) in [5.74, 6) is -1.63. The maximum Gasteiger partial charge on any atom is 0.263 e. The summed E-state index contributed by atoms with van der Waals surface area (Å²) in [6, 6.07) is 3.21. The van der Waals surface area contributed by atoms with Crippen molar-refractivity contribution in [3.05, 3.63) is 29.8 Å². The maximum atomic E-state index is 13.1. The van der Waals surface area contributed by atoms with E-state index in [4.69, 9.17) is 10.5 Å². The molecule has 0 radical (unpaired) electrons. The summed E-state index contributed by atoms with van der Waals surface area (Å²) in [6.07, 6.45) is 0.150. The lowest BCUT2D eigenvalue weighted by Gasteiger charge is -2.21. The minimum atomic E-state index is -0.994. The maximum absolute atomic E-state index is 13.1. The number of nitrogens with zero attached hydrogens (tertiary/aromatic N) is 1. The molecule has 1 fully saturated rings. The fourth-order valence-corrected chi connectivity index (χ4v) is 2.29. The second-order valence-corrected chi connectivity index (χ2v) is 5.01. The predicted molar refractivity (Wildman–Crippen MR) is 70.2 cm³/mol. The van der Waals surface area contributed by atoms with Gasteiger partial charge in [0.25, 0.3) is 5.91 Å². The summed E-state index contributed by atoms with van der Waals surface area (Å²) in [6.45, 7) is 3.44. The van der Waals surface area contributed by atoms with E-state index in [1.54, 1.807) is 11.8 Å². The number of hydrogen-bond acceptors (Lipinski definition) is 3. The Labute approximate surface area is 116 Å². The number of nitrogens with two attached hydrogens (primary N) is 1. The van der Waals surface area contributed by atoms with Gasteiger partial charge in [0.1, 0.15) is 5.75 Å². The molecule has 2 atom stereocenters. The topological polar surface area (TPSA) is 55.6 Å². The number of halogens is 2. The third kappa shape index (κ3) is 3.25. The molecule has 1 aliphatic heterocycles. The van der Waals surface area contributed by atoms with Crippen molar-refractivity contribution < 1.29 is 18.3 Å². The van der Waals surface area contributed by atoms with Crippen molar-refractivity contribution in [2.45, 2.75) is 19.4 Å². The molecule has 2 rings (SSSR count). The van der Waals surface area contributed by atoms with Crippen LogP contribution in [0.2, 0.25) is 0 Å². The number of carbonyl (C=O) groups excluding carboxylic acids is 1. The van der Waals surface area contributed by atoms with Gasteiger partial charge in [0.15, 0.2) is 17.7 Å². The summed E-state index contributed by atoms with van der Waals surface area (Å²) in [7, 11) is 0. The first-order valence-electron chi connectivity index (χ1n) is 6.62. The summed E-state index contributed by atoms with van der Waals surface area (Å²) in [5, 5.41) is 0. The minimum absolute atomic E-state index is 0.138. The molecule has 0 saturated carbocycles. The molecule has 1 aromatic rings. The third-order valence-electron chi connectivity index (χ3n) is 3.48. The van der Waals surface area contributed by atoms with Crippen LogP contribution in [0, 0.1) is 17.6 Å². The van der Waals surface area contributed by atoms with Crippen LogP contribution in [-0.4, -0.2) is 36.5 Å². The SMILES string of the molecule is CC(Oc1ccc(F)c(F)c1)C(=O)N1CCC(CN)C1. The molecule has 1 saturated heterocycles. The zero-order chi connectivity index (χ0) is 14.7. The Morgan fingerprint density at radius 1 is 1.50 bits per heavy atom. The highest BCUT2D eigenvalue weighted by molar-refractivity contribution is 5.81. The molecule has 0 spiro atoms. The molecule has 1 aromatic carbocycles. The number of likely N-dealkylation sites (tertiary alicyclic amines) is 1. The Morgan fingerprint density at radius 3 is 2.85 bits per heavy atom. The van der Waals surface area contributed by atoms with Crippen LogP contribution in [0.1, 0.15) is 13.3 Å². The summed E-state index contributed by atoms with van der Waals surface area (Å²) >= 11 is 0. The average Bonchev–Trinajstić information content (AvgIpc) is 2.91. The van der Waals surface area contributed by atoms with Crippen LogP contribution in [0.4, 0.5) is 8.78 Å². The highest BCUT2D eigenvalue weighted by Crippen LogP contribution is 2.20. The van der Waals surface area contributed by atoms with Gasteiger partial charge in [0, 0.05) is 19.2 Å². The second-order valence-electron chi connectivity index (χ2n) is 5.01. The van der Waals surface area contributed by atoms with E-state index in [0.29, 0.717) is 25.6 Å². The molecule has 1 heterocycles. The molecular formula is C14H18F2N2O2. The van der Waals surface area contributed by atoms with Crippen LogP contribution in [0.15, 0.2) is 18.2 Å². The highest BCUT2D eigenvalue weighted by Gasteiger charge is 2.29. The van der Waals surface area contributed by atoms with Gasteiger partial charge in [-0.2, -0.15) is 0 Å². The van der Waals surface area contributed by atoms with E-state index in [1.807, 2.05) is 0 Å². The largest absolute Gasteiger partial charge is 0.481 e. The lowest BCUT2D eigenvalue weighted by atomic mass is 10.1. The van der Waals surface area contributed by atoms with Crippen LogP contribution in [0.3, 0.4) is 0 Å². The van der Waals surface area contributed by atoms with Gasteiger partial charge in [-0.3, -0.25) is 4.79 Å². The lowest BCUT2D eigenvalue weighted by Crippen LogP contribution is -2.39. The van der Waals surface area contributed by atoms with Gasteiger partial charge >= 0.3 is 0 Å². The Kier molecular flexibility index (Phi) is 4.54. The number of carbonyl (C=O) groups is 1. The monoisotopic (exact) mass is 284 g/mol. The van der Waals surface area contributed by atoms with Crippen LogP contribution in [-0.2, 0) is 4.79 Å². The van der Waals surface area contributed by atoms with Crippen LogP contribution >= 0.6 is 0 Å². The van der Waals surface area contributed by atoms with E-state index in [0.717, 1.165) is 18.6 Å². The molecule has 0 bridgehead atoms. The number of amides is 1. The van der Waals surface area contributed by atoms with Crippen molar-refractivity contribution in [3.8, 4) is 5.75 Å². The van der Waals surface area contributed by atoms with E-state index >= 15 is 0 Å². The molecule has 0 aliphatic carbocycles.